The lowest BCUT2D eigenvalue weighted by molar-refractivity contribution is 0.476. The predicted molar refractivity (Wildman–Crippen MR) is 65.8 cm³/mol. The number of aromatic nitrogens is 2. The highest BCUT2D eigenvalue weighted by atomic mass is 16.5. The van der Waals surface area contributed by atoms with Crippen molar-refractivity contribution in [3.63, 3.8) is 0 Å². The van der Waals surface area contributed by atoms with E-state index in [-0.39, 0.29) is 6.04 Å². The predicted octanol–water partition coefficient (Wildman–Crippen LogP) is 2.68. The number of nitrogens with zero attached hydrogens (tertiary/aromatic N) is 2. The molecular formula is C13H15N3O. The van der Waals surface area contributed by atoms with E-state index >= 15 is 0 Å². The molecule has 0 unspecified atom stereocenters. The second-order valence-electron chi connectivity index (χ2n) is 3.72. The van der Waals surface area contributed by atoms with Crippen molar-refractivity contribution in [3.8, 4) is 11.5 Å². The smallest absolute Gasteiger partial charge is 0.145 e. The fourth-order valence-corrected chi connectivity index (χ4v) is 1.42. The zero-order valence-corrected chi connectivity index (χ0v) is 9.71. The van der Waals surface area contributed by atoms with E-state index in [0.717, 1.165) is 12.1 Å². The van der Waals surface area contributed by atoms with Crippen molar-refractivity contribution in [2.24, 2.45) is 5.73 Å². The summed E-state index contributed by atoms with van der Waals surface area (Å²) in [6, 6.07) is 7.41. The Kier molecular flexibility index (Phi) is 3.67. The Morgan fingerprint density at radius 3 is 2.65 bits per heavy atom. The first kappa shape index (κ1) is 11.5. The molecule has 0 saturated carbocycles. The van der Waals surface area contributed by atoms with Crippen molar-refractivity contribution in [3.05, 3.63) is 48.5 Å². The molecule has 0 bridgehead atoms. The first-order chi connectivity index (χ1) is 8.29. The lowest BCUT2D eigenvalue weighted by Crippen LogP contribution is -2.10. The van der Waals surface area contributed by atoms with Gasteiger partial charge in [0.15, 0.2) is 0 Å². The van der Waals surface area contributed by atoms with E-state index in [1.807, 2.05) is 31.2 Å². The van der Waals surface area contributed by atoms with E-state index in [1.54, 1.807) is 18.6 Å². The maximum atomic E-state index is 5.88. The van der Waals surface area contributed by atoms with Crippen LogP contribution in [0.5, 0.6) is 11.5 Å². The van der Waals surface area contributed by atoms with Gasteiger partial charge in [-0.1, -0.05) is 6.92 Å². The molecule has 0 aliphatic carbocycles. The van der Waals surface area contributed by atoms with E-state index < -0.39 is 0 Å². The van der Waals surface area contributed by atoms with Crippen molar-refractivity contribution in [1.29, 1.82) is 0 Å². The van der Waals surface area contributed by atoms with Gasteiger partial charge in [-0.2, -0.15) is 0 Å². The van der Waals surface area contributed by atoms with Gasteiger partial charge >= 0.3 is 0 Å². The molecule has 17 heavy (non-hydrogen) atoms. The molecule has 0 radical (unpaired) electrons. The van der Waals surface area contributed by atoms with Gasteiger partial charge in [0.05, 0.1) is 18.1 Å². The van der Waals surface area contributed by atoms with E-state index in [1.165, 1.54) is 0 Å². The lowest BCUT2D eigenvalue weighted by Gasteiger charge is -2.09. The van der Waals surface area contributed by atoms with Crippen LogP contribution in [0.3, 0.4) is 0 Å². The normalized spacial score (nSPS) is 12.1. The van der Waals surface area contributed by atoms with Gasteiger partial charge in [0.25, 0.3) is 0 Å². The van der Waals surface area contributed by atoms with Crippen LogP contribution >= 0.6 is 0 Å². The fourth-order valence-electron chi connectivity index (χ4n) is 1.42. The van der Waals surface area contributed by atoms with Gasteiger partial charge in [0.1, 0.15) is 11.5 Å². The Labute approximate surface area is 100 Å². The number of pyridine rings is 2. The van der Waals surface area contributed by atoms with Crippen LogP contribution in [0.15, 0.2) is 42.9 Å². The summed E-state index contributed by atoms with van der Waals surface area (Å²) < 4.78 is 5.58. The van der Waals surface area contributed by atoms with Crippen LogP contribution in [-0.2, 0) is 0 Å². The first-order valence-electron chi connectivity index (χ1n) is 5.59. The summed E-state index contributed by atoms with van der Waals surface area (Å²) in [7, 11) is 0. The van der Waals surface area contributed by atoms with E-state index in [4.69, 9.17) is 10.5 Å². The van der Waals surface area contributed by atoms with E-state index in [0.29, 0.717) is 11.5 Å². The van der Waals surface area contributed by atoms with Gasteiger partial charge in [0, 0.05) is 12.2 Å². The highest BCUT2D eigenvalue weighted by Gasteiger charge is 2.05. The molecule has 0 aromatic carbocycles. The number of nitrogens with two attached hydrogens (primary N) is 1. The third-order valence-corrected chi connectivity index (χ3v) is 2.45. The van der Waals surface area contributed by atoms with Gasteiger partial charge in [-0.05, 0) is 30.7 Å². The van der Waals surface area contributed by atoms with Crippen LogP contribution in [0.25, 0.3) is 0 Å². The van der Waals surface area contributed by atoms with Crippen LogP contribution in [0.1, 0.15) is 25.1 Å². The highest BCUT2D eigenvalue weighted by molar-refractivity contribution is 5.28. The summed E-state index contributed by atoms with van der Waals surface area (Å²) in [5.74, 6) is 1.38. The standard InChI is InChI=1S/C13H15N3O/c1-2-12(14)13-6-5-11(9-16-13)17-10-4-3-7-15-8-10/h3-9,12H,2,14H2,1H3/t12-/m0/s1. The van der Waals surface area contributed by atoms with Crippen molar-refractivity contribution < 1.29 is 4.74 Å². The molecule has 1 atom stereocenters. The van der Waals surface area contributed by atoms with Gasteiger partial charge in [-0.15, -0.1) is 0 Å². The van der Waals surface area contributed by atoms with Gasteiger partial charge in [-0.3, -0.25) is 9.97 Å². The maximum absolute atomic E-state index is 5.88. The molecule has 2 N–H and O–H groups in total. The zero-order valence-electron chi connectivity index (χ0n) is 9.71. The molecular weight excluding hydrogens is 214 g/mol. The third-order valence-electron chi connectivity index (χ3n) is 2.45. The molecule has 0 spiro atoms. The van der Waals surface area contributed by atoms with Crippen molar-refractivity contribution >= 4 is 0 Å². The largest absolute Gasteiger partial charge is 0.454 e. The quantitative estimate of drug-likeness (QED) is 0.875. The maximum Gasteiger partial charge on any atom is 0.145 e. The average Bonchev–Trinajstić information content (AvgIpc) is 2.40. The molecule has 2 heterocycles. The SMILES string of the molecule is CC[C@H](N)c1ccc(Oc2cccnc2)cn1. The second-order valence-corrected chi connectivity index (χ2v) is 3.72. The number of ether oxygens (including phenoxy) is 1. The molecule has 2 aromatic heterocycles. The van der Waals surface area contributed by atoms with Crippen LogP contribution in [0.4, 0.5) is 0 Å². The number of hydrogen-bond donors (Lipinski definition) is 1. The van der Waals surface area contributed by atoms with Gasteiger partial charge in [0.2, 0.25) is 0 Å². The van der Waals surface area contributed by atoms with Crippen LogP contribution < -0.4 is 10.5 Å². The minimum atomic E-state index is -0.0116. The third kappa shape index (κ3) is 3.01. The fraction of sp³-hybridized carbons (Fsp3) is 0.231. The number of hydrogen-bond acceptors (Lipinski definition) is 4. The topological polar surface area (TPSA) is 61.0 Å². The minimum absolute atomic E-state index is 0.0116. The minimum Gasteiger partial charge on any atom is -0.454 e. The molecule has 2 aromatic rings. The highest BCUT2D eigenvalue weighted by Crippen LogP contribution is 2.20. The van der Waals surface area contributed by atoms with Gasteiger partial charge < -0.3 is 10.5 Å². The Morgan fingerprint density at radius 2 is 2.06 bits per heavy atom. The Bertz CT molecular complexity index is 456. The average molecular weight is 229 g/mol. The summed E-state index contributed by atoms with van der Waals surface area (Å²) in [6.07, 6.45) is 5.91. The Balaban J connectivity index is 2.08. The van der Waals surface area contributed by atoms with Crippen molar-refractivity contribution in [2.75, 3.05) is 0 Å². The van der Waals surface area contributed by atoms with Crippen LogP contribution in [0, 0.1) is 0 Å². The van der Waals surface area contributed by atoms with Crippen molar-refractivity contribution in [2.45, 2.75) is 19.4 Å². The molecule has 0 aliphatic heterocycles. The van der Waals surface area contributed by atoms with Crippen LogP contribution in [-0.4, -0.2) is 9.97 Å². The lowest BCUT2D eigenvalue weighted by atomic mass is 10.1. The van der Waals surface area contributed by atoms with Crippen molar-refractivity contribution in [1.82, 2.24) is 9.97 Å². The first-order valence-corrected chi connectivity index (χ1v) is 5.59. The summed E-state index contributed by atoms with van der Waals surface area (Å²) in [5.41, 5.74) is 6.76. The summed E-state index contributed by atoms with van der Waals surface area (Å²) in [6.45, 7) is 2.03. The molecule has 4 heteroatoms. The summed E-state index contributed by atoms with van der Waals surface area (Å²) in [5, 5.41) is 0. The molecule has 0 fully saturated rings. The van der Waals surface area contributed by atoms with Crippen LogP contribution in [0.2, 0.25) is 0 Å². The number of rotatable bonds is 4. The Hall–Kier alpha value is -1.94. The van der Waals surface area contributed by atoms with E-state index in [9.17, 15) is 0 Å². The van der Waals surface area contributed by atoms with Gasteiger partial charge in [-0.25, -0.2) is 0 Å². The molecule has 0 amide bonds. The summed E-state index contributed by atoms with van der Waals surface area (Å²) >= 11 is 0. The molecule has 0 aliphatic rings. The Morgan fingerprint density at radius 1 is 1.24 bits per heavy atom. The van der Waals surface area contributed by atoms with E-state index in [2.05, 4.69) is 9.97 Å². The molecule has 2 rings (SSSR count). The molecule has 4 nitrogen and oxygen atoms in total. The monoisotopic (exact) mass is 229 g/mol. The molecule has 0 saturated heterocycles. The summed E-state index contributed by atoms with van der Waals surface area (Å²) in [4.78, 5) is 8.25. The molecule has 88 valence electrons. The second kappa shape index (κ2) is 5.41. The zero-order chi connectivity index (χ0) is 12.1.